The van der Waals surface area contributed by atoms with Gasteiger partial charge in [0.2, 0.25) is 0 Å². The third-order valence-electron chi connectivity index (χ3n) is 1.95. The van der Waals surface area contributed by atoms with Crippen LogP contribution in [0.2, 0.25) is 0 Å². The van der Waals surface area contributed by atoms with Gasteiger partial charge in [0, 0.05) is 10.5 Å². The fourth-order valence-corrected chi connectivity index (χ4v) is 1.31. The van der Waals surface area contributed by atoms with E-state index in [2.05, 4.69) is 28.2 Å². The molecule has 1 aromatic carbocycles. The fourth-order valence-electron chi connectivity index (χ4n) is 0.974. The van der Waals surface area contributed by atoms with Crippen LogP contribution < -0.4 is 5.32 Å². The van der Waals surface area contributed by atoms with E-state index in [9.17, 15) is 4.39 Å². The molecule has 13 heavy (non-hydrogen) atoms. The van der Waals surface area contributed by atoms with Crippen LogP contribution in [0.4, 0.5) is 10.1 Å². The normalized spacial score (nSPS) is 12.6. The molecule has 0 aliphatic heterocycles. The highest BCUT2D eigenvalue weighted by Gasteiger charge is 2.04. The van der Waals surface area contributed by atoms with E-state index >= 15 is 0 Å². The second-order valence-corrected chi connectivity index (χ2v) is 3.99. The summed E-state index contributed by atoms with van der Waals surface area (Å²) in [5, 5.41) is 3.09. The smallest absolute Gasteiger partial charge is 0.147 e. The van der Waals surface area contributed by atoms with Crippen LogP contribution >= 0.6 is 15.9 Å². The monoisotopic (exact) mass is 245 g/mol. The molecule has 1 N–H and O–H groups in total. The fraction of sp³-hybridized carbons (Fsp3) is 0.400. The summed E-state index contributed by atoms with van der Waals surface area (Å²) in [6.45, 7) is 4.09. The van der Waals surface area contributed by atoms with E-state index in [1.165, 1.54) is 6.07 Å². The van der Waals surface area contributed by atoms with Gasteiger partial charge in [-0.1, -0.05) is 22.9 Å². The molecule has 0 radical (unpaired) electrons. The average Bonchev–Trinajstić information content (AvgIpc) is 2.09. The first kappa shape index (κ1) is 10.5. The van der Waals surface area contributed by atoms with Crippen LogP contribution in [0.5, 0.6) is 0 Å². The Morgan fingerprint density at radius 2 is 2.23 bits per heavy atom. The van der Waals surface area contributed by atoms with Gasteiger partial charge >= 0.3 is 0 Å². The lowest BCUT2D eigenvalue weighted by atomic mass is 10.2. The minimum absolute atomic E-state index is 0.213. The van der Waals surface area contributed by atoms with Gasteiger partial charge in [-0.2, -0.15) is 0 Å². The van der Waals surface area contributed by atoms with Gasteiger partial charge in [0.1, 0.15) is 5.82 Å². The Hall–Kier alpha value is -0.570. The molecular weight excluding hydrogens is 233 g/mol. The standard InChI is InChI=1S/C10H13BrFN/c1-3-7(2)13-10-5-4-8(11)6-9(10)12/h4-7,13H,3H2,1-2H3. The number of benzene rings is 1. The molecule has 0 heterocycles. The average molecular weight is 246 g/mol. The number of nitrogens with one attached hydrogen (secondary N) is 1. The van der Waals surface area contributed by atoms with Crippen molar-refractivity contribution in [3.05, 3.63) is 28.5 Å². The zero-order valence-corrected chi connectivity index (χ0v) is 9.36. The molecule has 3 heteroatoms. The van der Waals surface area contributed by atoms with E-state index in [0.717, 1.165) is 10.9 Å². The highest BCUT2D eigenvalue weighted by molar-refractivity contribution is 9.10. The summed E-state index contributed by atoms with van der Waals surface area (Å²) >= 11 is 3.21. The van der Waals surface area contributed by atoms with E-state index in [-0.39, 0.29) is 5.82 Å². The lowest BCUT2D eigenvalue weighted by molar-refractivity contribution is 0.624. The highest BCUT2D eigenvalue weighted by atomic mass is 79.9. The van der Waals surface area contributed by atoms with E-state index in [1.807, 2.05) is 13.0 Å². The van der Waals surface area contributed by atoms with Crippen molar-refractivity contribution < 1.29 is 4.39 Å². The van der Waals surface area contributed by atoms with Crippen molar-refractivity contribution in [1.29, 1.82) is 0 Å². The summed E-state index contributed by atoms with van der Waals surface area (Å²) in [5.41, 5.74) is 0.567. The van der Waals surface area contributed by atoms with Gasteiger partial charge in [-0.3, -0.25) is 0 Å². The van der Waals surface area contributed by atoms with Crippen molar-refractivity contribution in [2.24, 2.45) is 0 Å². The van der Waals surface area contributed by atoms with Crippen LogP contribution in [0.15, 0.2) is 22.7 Å². The maximum absolute atomic E-state index is 13.3. The molecule has 1 atom stereocenters. The molecule has 0 aliphatic carbocycles. The minimum atomic E-state index is -0.213. The number of anilines is 1. The largest absolute Gasteiger partial charge is 0.380 e. The first-order valence-electron chi connectivity index (χ1n) is 4.35. The lowest BCUT2D eigenvalue weighted by Crippen LogP contribution is -2.14. The molecular formula is C10H13BrFN. The Labute approximate surface area is 86.5 Å². The number of hydrogen-bond donors (Lipinski definition) is 1. The molecule has 0 aliphatic rings. The van der Waals surface area contributed by atoms with Crippen molar-refractivity contribution in [1.82, 2.24) is 0 Å². The van der Waals surface area contributed by atoms with Crippen LogP contribution in [0.25, 0.3) is 0 Å². The van der Waals surface area contributed by atoms with Gasteiger partial charge in [0.15, 0.2) is 0 Å². The van der Waals surface area contributed by atoms with Crippen molar-refractivity contribution in [3.63, 3.8) is 0 Å². The highest BCUT2D eigenvalue weighted by Crippen LogP contribution is 2.20. The van der Waals surface area contributed by atoms with Crippen LogP contribution in [0, 0.1) is 5.82 Å². The second kappa shape index (κ2) is 4.61. The number of halogens is 2. The maximum Gasteiger partial charge on any atom is 0.147 e. The molecule has 1 rings (SSSR count). The van der Waals surface area contributed by atoms with Gasteiger partial charge in [-0.15, -0.1) is 0 Å². The number of hydrogen-bond acceptors (Lipinski definition) is 1. The molecule has 72 valence electrons. The molecule has 0 amide bonds. The van der Waals surface area contributed by atoms with Crippen molar-refractivity contribution in [3.8, 4) is 0 Å². The number of rotatable bonds is 3. The van der Waals surface area contributed by atoms with Crippen LogP contribution in [-0.4, -0.2) is 6.04 Å². The van der Waals surface area contributed by atoms with Crippen molar-refractivity contribution >= 4 is 21.6 Å². The third-order valence-corrected chi connectivity index (χ3v) is 2.44. The first-order valence-corrected chi connectivity index (χ1v) is 5.14. The molecule has 0 fully saturated rings. The lowest BCUT2D eigenvalue weighted by Gasteiger charge is -2.13. The van der Waals surface area contributed by atoms with E-state index in [0.29, 0.717) is 11.7 Å². The zero-order valence-electron chi connectivity index (χ0n) is 7.77. The quantitative estimate of drug-likeness (QED) is 0.855. The van der Waals surface area contributed by atoms with E-state index < -0.39 is 0 Å². The molecule has 1 nitrogen and oxygen atoms in total. The van der Waals surface area contributed by atoms with Crippen LogP contribution in [0.1, 0.15) is 20.3 Å². The van der Waals surface area contributed by atoms with Gasteiger partial charge in [-0.05, 0) is 31.5 Å². The SMILES string of the molecule is CCC(C)Nc1ccc(Br)cc1F. The van der Waals surface area contributed by atoms with E-state index in [4.69, 9.17) is 0 Å². The first-order chi connectivity index (χ1) is 6.13. The third kappa shape index (κ3) is 2.99. The predicted octanol–water partition coefficient (Wildman–Crippen LogP) is 3.80. The van der Waals surface area contributed by atoms with E-state index in [1.54, 1.807) is 6.07 Å². The van der Waals surface area contributed by atoms with Crippen molar-refractivity contribution in [2.75, 3.05) is 5.32 Å². The van der Waals surface area contributed by atoms with Gasteiger partial charge in [-0.25, -0.2) is 4.39 Å². The Balaban J connectivity index is 2.77. The topological polar surface area (TPSA) is 12.0 Å². The summed E-state index contributed by atoms with van der Waals surface area (Å²) in [7, 11) is 0. The molecule has 1 aromatic rings. The van der Waals surface area contributed by atoms with Crippen molar-refractivity contribution in [2.45, 2.75) is 26.3 Å². The Morgan fingerprint density at radius 3 is 2.77 bits per heavy atom. The Kier molecular flexibility index (Phi) is 3.72. The summed E-state index contributed by atoms with van der Waals surface area (Å²) in [4.78, 5) is 0. The van der Waals surface area contributed by atoms with Gasteiger partial charge in [0.25, 0.3) is 0 Å². The van der Waals surface area contributed by atoms with Crippen LogP contribution in [-0.2, 0) is 0 Å². The Morgan fingerprint density at radius 1 is 1.54 bits per heavy atom. The maximum atomic E-state index is 13.3. The zero-order chi connectivity index (χ0) is 9.84. The second-order valence-electron chi connectivity index (χ2n) is 3.08. The minimum Gasteiger partial charge on any atom is -0.380 e. The molecule has 0 spiro atoms. The summed E-state index contributed by atoms with van der Waals surface area (Å²) in [6, 6.07) is 5.33. The molecule has 0 saturated carbocycles. The molecule has 1 unspecified atom stereocenters. The predicted molar refractivity (Wildman–Crippen MR) is 57.5 cm³/mol. The summed E-state index contributed by atoms with van der Waals surface area (Å²) < 4.78 is 14.0. The summed E-state index contributed by atoms with van der Waals surface area (Å²) in [5.74, 6) is -0.213. The Bertz CT molecular complexity index is 288. The molecule has 0 bridgehead atoms. The van der Waals surface area contributed by atoms with Gasteiger partial charge in [0.05, 0.1) is 5.69 Å². The van der Waals surface area contributed by atoms with Gasteiger partial charge < -0.3 is 5.32 Å². The molecule has 0 saturated heterocycles. The van der Waals surface area contributed by atoms with Crippen LogP contribution in [0.3, 0.4) is 0 Å². The molecule has 0 aromatic heterocycles. The summed E-state index contributed by atoms with van der Waals surface area (Å²) in [6.07, 6.45) is 0.982.